The fourth-order valence-corrected chi connectivity index (χ4v) is 4.04. The first-order chi connectivity index (χ1) is 12.6. The van der Waals surface area contributed by atoms with Gasteiger partial charge in [-0.15, -0.1) is 0 Å². The molecule has 1 aromatic heterocycles. The molecule has 0 unspecified atom stereocenters. The van der Waals surface area contributed by atoms with Crippen LogP contribution in [0.1, 0.15) is 25.0 Å². The topological polar surface area (TPSA) is 39.9 Å². The van der Waals surface area contributed by atoms with Crippen LogP contribution < -0.4 is 0 Å². The van der Waals surface area contributed by atoms with Crippen molar-refractivity contribution in [3.63, 3.8) is 0 Å². The predicted molar refractivity (Wildman–Crippen MR) is 101 cm³/mol. The van der Waals surface area contributed by atoms with Gasteiger partial charge in [-0.1, -0.05) is 12.1 Å². The van der Waals surface area contributed by atoms with Crippen molar-refractivity contribution in [3.05, 3.63) is 48.0 Å². The van der Waals surface area contributed by atoms with Gasteiger partial charge in [-0.2, -0.15) is 0 Å². The number of aliphatic hydroxyl groups excluding tert-OH is 1. The molecule has 2 heterocycles. The number of halogens is 1. The monoisotopic (exact) mass is 360 g/mol. The Morgan fingerprint density at radius 2 is 2.04 bits per heavy atom. The lowest BCUT2D eigenvalue weighted by molar-refractivity contribution is 0.0681. The lowest BCUT2D eigenvalue weighted by atomic mass is 9.87. The summed E-state index contributed by atoms with van der Waals surface area (Å²) in [7, 11) is 4.28. The third kappa shape index (κ3) is 4.53. The van der Waals surface area contributed by atoms with Crippen LogP contribution in [-0.4, -0.2) is 54.7 Å². The number of benzene rings is 1. The van der Waals surface area contributed by atoms with Crippen LogP contribution in [0.2, 0.25) is 0 Å². The van der Waals surface area contributed by atoms with E-state index in [0.29, 0.717) is 23.3 Å². The standard InChI is InChI=1S/C21H29FN2O2/c1-23(2)20-11-12-24(14-16(20)6-5-13-25)15-17-9-10-21(26-17)18-7-3-4-8-19(18)22/h3-4,7-10,16,20,25H,5-6,11-15H2,1-2H3/t16-,20+/m0/s1. The van der Waals surface area contributed by atoms with Crippen molar-refractivity contribution in [2.75, 3.05) is 33.8 Å². The first kappa shape index (κ1) is 19.1. The molecule has 142 valence electrons. The Morgan fingerprint density at radius 3 is 2.77 bits per heavy atom. The number of nitrogens with zero attached hydrogens (tertiary/aromatic N) is 2. The van der Waals surface area contributed by atoms with Crippen LogP contribution in [0.4, 0.5) is 4.39 Å². The van der Waals surface area contributed by atoms with Crippen molar-refractivity contribution in [2.45, 2.75) is 31.8 Å². The summed E-state index contributed by atoms with van der Waals surface area (Å²) in [5.74, 6) is 1.74. The first-order valence-corrected chi connectivity index (χ1v) is 9.41. The molecule has 26 heavy (non-hydrogen) atoms. The van der Waals surface area contributed by atoms with E-state index in [0.717, 1.165) is 44.7 Å². The predicted octanol–water partition coefficient (Wildman–Crippen LogP) is 3.61. The second-order valence-electron chi connectivity index (χ2n) is 7.43. The van der Waals surface area contributed by atoms with E-state index in [-0.39, 0.29) is 12.4 Å². The summed E-state index contributed by atoms with van der Waals surface area (Å²) < 4.78 is 19.8. The van der Waals surface area contributed by atoms with E-state index in [9.17, 15) is 9.50 Å². The lowest BCUT2D eigenvalue weighted by Gasteiger charge is -2.41. The molecule has 1 N–H and O–H groups in total. The van der Waals surface area contributed by atoms with E-state index in [1.54, 1.807) is 12.1 Å². The van der Waals surface area contributed by atoms with Crippen LogP contribution in [-0.2, 0) is 6.54 Å². The van der Waals surface area contributed by atoms with Crippen molar-refractivity contribution in [1.82, 2.24) is 9.80 Å². The Kier molecular flexibility index (Phi) is 6.46. The molecule has 1 saturated heterocycles. The summed E-state index contributed by atoms with van der Waals surface area (Å²) in [6, 6.07) is 11.1. The van der Waals surface area contributed by atoms with Crippen molar-refractivity contribution in [2.24, 2.45) is 5.92 Å². The minimum Gasteiger partial charge on any atom is -0.460 e. The van der Waals surface area contributed by atoms with Gasteiger partial charge in [0.25, 0.3) is 0 Å². The second kappa shape index (κ2) is 8.80. The number of rotatable bonds is 7. The molecular weight excluding hydrogens is 331 g/mol. The average molecular weight is 360 g/mol. The van der Waals surface area contributed by atoms with Crippen molar-refractivity contribution in [1.29, 1.82) is 0 Å². The fraction of sp³-hybridized carbons (Fsp3) is 0.524. The normalized spacial score (nSPS) is 21.4. The van der Waals surface area contributed by atoms with Crippen molar-refractivity contribution < 1.29 is 13.9 Å². The summed E-state index contributed by atoms with van der Waals surface area (Å²) in [4.78, 5) is 4.72. The molecule has 0 amide bonds. The highest BCUT2D eigenvalue weighted by atomic mass is 19.1. The molecular formula is C21H29FN2O2. The van der Waals surface area contributed by atoms with Gasteiger partial charge in [0.05, 0.1) is 12.1 Å². The van der Waals surface area contributed by atoms with Gasteiger partial charge in [-0.3, -0.25) is 4.90 Å². The van der Waals surface area contributed by atoms with Crippen LogP contribution in [0, 0.1) is 11.7 Å². The average Bonchev–Trinajstić information content (AvgIpc) is 3.08. The smallest absolute Gasteiger partial charge is 0.137 e. The van der Waals surface area contributed by atoms with Crippen LogP contribution in [0.5, 0.6) is 0 Å². The Labute approximate surface area is 155 Å². The molecule has 0 aliphatic carbocycles. The van der Waals surface area contributed by atoms with Gasteiger partial charge in [0.1, 0.15) is 17.3 Å². The summed E-state index contributed by atoms with van der Waals surface area (Å²) in [6.45, 7) is 3.01. The zero-order valence-corrected chi connectivity index (χ0v) is 15.7. The summed E-state index contributed by atoms with van der Waals surface area (Å²) in [6.07, 6.45) is 3.00. The molecule has 2 aromatic rings. The van der Waals surface area contributed by atoms with Crippen molar-refractivity contribution in [3.8, 4) is 11.3 Å². The van der Waals surface area contributed by atoms with E-state index < -0.39 is 0 Å². The summed E-state index contributed by atoms with van der Waals surface area (Å²) in [5, 5.41) is 9.18. The molecule has 0 bridgehead atoms. The van der Waals surface area contributed by atoms with Gasteiger partial charge in [0, 0.05) is 25.7 Å². The van der Waals surface area contributed by atoms with E-state index >= 15 is 0 Å². The van der Waals surface area contributed by atoms with Gasteiger partial charge >= 0.3 is 0 Å². The molecule has 0 saturated carbocycles. The molecule has 3 rings (SSSR count). The number of hydrogen-bond donors (Lipinski definition) is 1. The third-order valence-corrected chi connectivity index (χ3v) is 5.35. The highest BCUT2D eigenvalue weighted by molar-refractivity contribution is 5.58. The van der Waals surface area contributed by atoms with Crippen LogP contribution in [0.25, 0.3) is 11.3 Å². The zero-order valence-electron chi connectivity index (χ0n) is 15.7. The number of likely N-dealkylation sites (tertiary alicyclic amines) is 1. The molecule has 1 aromatic carbocycles. The van der Waals surface area contributed by atoms with Gasteiger partial charge < -0.3 is 14.4 Å². The Morgan fingerprint density at radius 1 is 1.23 bits per heavy atom. The van der Waals surface area contributed by atoms with Gasteiger partial charge in [-0.25, -0.2) is 4.39 Å². The molecule has 1 aliphatic heterocycles. The van der Waals surface area contributed by atoms with Crippen LogP contribution >= 0.6 is 0 Å². The van der Waals surface area contributed by atoms with Gasteiger partial charge in [0.2, 0.25) is 0 Å². The first-order valence-electron chi connectivity index (χ1n) is 9.41. The fourth-order valence-electron chi connectivity index (χ4n) is 4.04. The lowest BCUT2D eigenvalue weighted by Crippen LogP contribution is -2.48. The second-order valence-corrected chi connectivity index (χ2v) is 7.43. The molecule has 5 heteroatoms. The van der Waals surface area contributed by atoms with Crippen LogP contribution in [0.15, 0.2) is 40.8 Å². The molecule has 4 nitrogen and oxygen atoms in total. The maximum atomic E-state index is 13.9. The molecule has 1 aliphatic rings. The number of furan rings is 1. The Balaban J connectivity index is 1.65. The molecule has 1 fully saturated rings. The van der Waals surface area contributed by atoms with E-state index in [4.69, 9.17) is 4.42 Å². The Bertz CT molecular complexity index is 701. The number of hydrogen-bond acceptors (Lipinski definition) is 4. The van der Waals surface area contributed by atoms with E-state index in [2.05, 4.69) is 23.9 Å². The summed E-state index contributed by atoms with van der Waals surface area (Å²) in [5.41, 5.74) is 0.505. The molecule has 2 atom stereocenters. The summed E-state index contributed by atoms with van der Waals surface area (Å²) >= 11 is 0. The largest absolute Gasteiger partial charge is 0.460 e. The maximum Gasteiger partial charge on any atom is 0.137 e. The minimum absolute atomic E-state index is 0.251. The molecule has 0 radical (unpaired) electrons. The highest BCUT2D eigenvalue weighted by Crippen LogP contribution is 2.28. The van der Waals surface area contributed by atoms with Gasteiger partial charge in [0.15, 0.2) is 0 Å². The van der Waals surface area contributed by atoms with E-state index in [1.165, 1.54) is 6.07 Å². The minimum atomic E-state index is -0.260. The number of piperidine rings is 1. The highest BCUT2D eigenvalue weighted by Gasteiger charge is 2.30. The zero-order chi connectivity index (χ0) is 18.5. The van der Waals surface area contributed by atoms with E-state index in [1.807, 2.05) is 18.2 Å². The van der Waals surface area contributed by atoms with Gasteiger partial charge in [-0.05, 0) is 63.5 Å². The number of aliphatic hydroxyl groups is 1. The maximum absolute atomic E-state index is 13.9. The Hall–Kier alpha value is -1.69. The molecule has 0 spiro atoms. The van der Waals surface area contributed by atoms with Crippen molar-refractivity contribution >= 4 is 0 Å². The van der Waals surface area contributed by atoms with Crippen LogP contribution in [0.3, 0.4) is 0 Å². The third-order valence-electron chi connectivity index (χ3n) is 5.35. The SMILES string of the molecule is CN(C)[C@@H]1CCN(Cc2ccc(-c3ccccc3F)o2)C[C@@H]1CCCO. The quantitative estimate of drug-likeness (QED) is 0.819.